The number of nitrogens with two attached hydrogens (primary N) is 1. The van der Waals surface area contributed by atoms with Crippen LogP contribution in [0.2, 0.25) is 0 Å². The first-order valence-electron chi connectivity index (χ1n) is 8.03. The molecular formula is C17H20N4O5S. The van der Waals surface area contributed by atoms with Crippen molar-refractivity contribution in [1.82, 2.24) is 15.0 Å². The predicted octanol–water partition coefficient (Wildman–Crippen LogP) is 0.358. The molecule has 1 unspecified atom stereocenters. The molecule has 1 aromatic heterocycles. The molecule has 1 aromatic carbocycles. The van der Waals surface area contributed by atoms with Crippen LogP contribution in [-0.4, -0.2) is 43.3 Å². The molecule has 0 fully saturated rings. The van der Waals surface area contributed by atoms with Gasteiger partial charge in [-0.05, 0) is 42.7 Å². The second-order valence-corrected chi connectivity index (χ2v) is 6.45. The standard InChI is InChI=1S/C17H20N4O5S/c18-15-3-1-2-13(20-15)9-6-11-4-7-12(8-5-11)16(22)19-10-14(17(23)24)21-27(25)26/h1-5,7-8,14,21H,6,9-10H2,(H2,18,20)(H,19,22)(H,23,24)(H,25,26)/t14-/m0/s1. The highest BCUT2D eigenvalue weighted by Crippen LogP contribution is 2.09. The van der Waals surface area contributed by atoms with Gasteiger partial charge in [-0.15, -0.1) is 0 Å². The SMILES string of the molecule is Nc1cccc(CCc2ccc(C(=O)NC[C@H](NS(=O)O)C(=O)O)cc2)n1. The van der Waals surface area contributed by atoms with E-state index in [1.54, 1.807) is 30.3 Å². The lowest BCUT2D eigenvalue weighted by Crippen LogP contribution is -2.46. The fourth-order valence-corrected chi connectivity index (χ4v) is 2.76. The number of benzene rings is 1. The number of hydrogen-bond donors (Lipinski definition) is 5. The number of hydrogen-bond acceptors (Lipinski definition) is 5. The van der Waals surface area contributed by atoms with Crippen molar-refractivity contribution in [2.75, 3.05) is 12.3 Å². The molecule has 1 heterocycles. The molecule has 27 heavy (non-hydrogen) atoms. The van der Waals surface area contributed by atoms with Crippen molar-refractivity contribution in [3.8, 4) is 0 Å². The van der Waals surface area contributed by atoms with E-state index < -0.39 is 29.2 Å². The predicted molar refractivity (Wildman–Crippen MR) is 100 cm³/mol. The highest BCUT2D eigenvalue weighted by molar-refractivity contribution is 7.77. The van der Waals surface area contributed by atoms with Crippen molar-refractivity contribution < 1.29 is 23.5 Å². The Bertz CT molecular complexity index is 828. The number of rotatable bonds is 9. The van der Waals surface area contributed by atoms with Gasteiger partial charge in [0.25, 0.3) is 5.91 Å². The molecular weight excluding hydrogens is 372 g/mol. The van der Waals surface area contributed by atoms with Crippen LogP contribution in [0.5, 0.6) is 0 Å². The van der Waals surface area contributed by atoms with Crippen LogP contribution in [0, 0.1) is 0 Å². The number of carboxylic acids is 1. The molecule has 0 saturated heterocycles. The van der Waals surface area contributed by atoms with E-state index in [1.165, 1.54) is 0 Å². The Hall–Kier alpha value is -2.82. The van der Waals surface area contributed by atoms with Crippen molar-refractivity contribution in [3.63, 3.8) is 0 Å². The summed E-state index contributed by atoms with van der Waals surface area (Å²) in [4.78, 5) is 27.3. The molecule has 10 heteroatoms. The van der Waals surface area contributed by atoms with Gasteiger partial charge in [0, 0.05) is 17.8 Å². The molecule has 9 nitrogen and oxygen atoms in total. The molecule has 0 bridgehead atoms. The maximum atomic E-state index is 12.1. The number of aromatic nitrogens is 1. The minimum atomic E-state index is -2.49. The minimum Gasteiger partial charge on any atom is -0.480 e. The lowest BCUT2D eigenvalue weighted by atomic mass is 10.1. The van der Waals surface area contributed by atoms with Gasteiger partial charge in [0.2, 0.25) is 11.3 Å². The van der Waals surface area contributed by atoms with E-state index in [0.717, 1.165) is 17.7 Å². The molecule has 0 radical (unpaired) electrons. The molecule has 0 saturated carbocycles. The van der Waals surface area contributed by atoms with Crippen LogP contribution in [0.25, 0.3) is 0 Å². The quantitative estimate of drug-likeness (QED) is 0.386. The summed E-state index contributed by atoms with van der Waals surface area (Å²) in [7, 11) is 0. The number of nitrogens with one attached hydrogen (secondary N) is 2. The van der Waals surface area contributed by atoms with E-state index in [0.29, 0.717) is 17.8 Å². The summed E-state index contributed by atoms with van der Waals surface area (Å²) in [5.74, 6) is -1.35. The zero-order valence-electron chi connectivity index (χ0n) is 14.3. The number of nitrogens with zero attached hydrogens (tertiary/aromatic N) is 1. The van der Waals surface area contributed by atoms with Crippen molar-refractivity contribution in [2.24, 2.45) is 0 Å². The highest BCUT2D eigenvalue weighted by atomic mass is 32.2. The maximum absolute atomic E-state index is 12.1. The van der Waals surface area contributed by atoms with Gasteiger partial charge >= 0.3 is 5.97 Å². The second-order valence-electron chi connectivity index (χ2n) is 5.72. The summed E-state index contributed by atoms with van der Waals surface area (Å²) < 4.78 is 21.3. The van der Waals surface area contributed by atoms with Gasteiger partial charge in [-0.3, -0.25) is 14.1 Å². The Labute approximate surface area is 158 Å². The normalized spacial score (nSPS) is 12.9. The number of amides is 1. The third-order valence-electron chi connectivity index (χ3n) is 3.72. The summed E-state index contributed by atoms with van der Waals surface area (Å²) in [6, 6.07) is 11.0. The van der Waals surface area contributed by atoms with Crippen molar-refractivity contribution >= 4 is 29.0 Å². The lowest BCUT2D eigenvalue weighted by molar-refractivity contribution is -0.138. The van der Waals surface area contributed by atoms with Gasteiger partial charge in [-0.25, -0.2) is 9.19 Å². The third kappa shape index (κ3) is 6.77. The number of carboxylic acid groups (broad SMARTS) is 1. The smallest absolute Gasteiger partial charge is 0.323 e. The molecule has 0 aliphatic rings. The second kappa shape index (κ2) is 9.76. The zero-order chi connectivity index (χ0) is 19.8. The van der Waals surface area contributed by atoms with Crippen LogP contribution in [0.4, 0.5) is 5.82 Å². The van der Waals surface area contributed by atoms with E-state index in [-0.39, 0.29) is 6.54 Å². The first-order chi connectivity index (χ1) is 12.8. The number of aliphatic carboxylic acids is 1. The lowest BCUT2D eigenvalue weighted by Gasteiger charge is -2.12. The Kier molecular flexibility index (Phi) is 7.41. The molecule has 2 rings (SSSR count). The first-order valence-corrected chi connectivity index (χ1v) is 9.14. The molecule has 0 aliphatic carbocycles. The monoisotopic (exact) mass is 392 g/mol. The van der Waals surface area contributed by atoms with Gasteiger partial charge < -0.3 is 16.2 Å². The fraction of sp³-hybridized carbons (Fsp3) is 0.235. The molecule has 0 spiro atoms. The van der Waals surface area contributed by atoms with Crippen LogP contribution in [-0.2, 0) is 28.9 Å². The molecule has 2 atom stereocenters. The number of pyridine rings is 1. The van der Waals surface area contributed by atoms with E-state index in [1.807, 2.05) is 16.9 Å². The van der Waals surface area contributed by atoms with Gasteiger partial charge in [0.15, 0.2) is 0 Å². The average Bonchev–Trinajstić information content (AvgIpc) is 2.63. The Morgan fingerprint density at radius 2 is 1.85 bits per heavy atom. The average molecular weight is 392 g/mol. The highest BCUT2D eigenvalue weighted by Gasteiger charge is 2.20. The van der Waals surface area contributed by atoms with Crippen LogP contribution in [0.3, 0.4) is 0 Å². The molecule has 144 valence electrons. The molecule has 6 N–H and O–H groups in total. The summed E-state index contributed by atoms with van der Waals surface area (Å²) >= 11 is -2.49. The van der Waals surface area contributed by atoms with E-state index >= 15 is 0 Å². The van der Waals surface area contributed by atoms with Gasteiger partial charge in [0.1, 0.15) is 11.9 Å². The number of carbonyl (C=O) groups excluding carboxylic acids is 1. The molecule has 1 amide bonds. The third-order valence-corrected chi connectivity index (χ3v) is 4.21. The molecule has 0 aliphatic heterocycles. The Balaban J connectivity index is 1.89. The Morgan fingerprint density at radius 3 is 2.44 bits per heavy atom. The number of anilines is 1. The van der Waals surface area contributed by atoms with Gasteiger partial charge in [-0.2, -0.15) is 4.72 Å². The van der Waals surface area contributed by atoms with Gasteiger partial charge in [-0.1, -0.05) is 18.2 Å². The largest absolute Gasteiger partial charge is 0.480 e. The van der Waals surface area contributed by atoms with Gasteiger partial charge in [0.05, 0.1) is 0 Å². The van der Waals surface area contributed by atoms with E-state index in [2.05, 4.69) is 10.3 Å². The molecule has 2 aromatic rings. The van der Waals surface area contributed by atoms with Crippen LogP contribution in [0.15, 0.2) is 42.5 Å². The number of aryl methyl sites for hydroxylation is 2. The van der Waals surface area contributed by atoms with Crippen LogP contribution >= 0.6 is 0 Å². The van der Waals surface area contributed by atoms with Crippen LogP contribution < -0.4 is 15.8 Å². The fourth-order valence-electron chi connectivity index (χ4n) is 2.33. The van der Waals surface area contributed by atoms with Crippen LogP contribution in [0.1, 0.15) is 21.6 Å². The van der Waals surface area contributed by atoms with Crippen molar-refractivity contribution in [3.05, 3.63) is 59.3 Å². The number of carbonyl (C=O) groups is 2. The van der Waals surface area contributed by atoms with Crippen molar-refractivity contribution in [2.45, 2.75) is 18.9 Å². The minimum absolute atomic E-state index is 0.330. The van der Waals surface area contributed by atoms with Crippen molar-refractivity contribution in [1.29, 1.82) is 0 Å². The number of nitrogen functional groups attached to an aromatic ring is 1. The van der Waals surface area contributed by atoms with E-state index in [9.17, 15) is 13.8 Å². The maximum Gasteiger partial charge on any atom is 0.323 e. The van der Waals surface area contributed by atoms with E-state index in [4.69, 9.17) is 15.4 Å². The zero-order valence-corrected chi connectivity index (χ0v) is 15.1. The topological polar surface area (TPSA) is 155 Å². The summed E-state index contributed by atoms with van der Waals surface area (Å²) in [6.45, 7) is -0.330. The Morgan fingerprint density at radius 1 is 1.15 bits per heavy atom. The summed E-state index contributed by atoms with van der Waals surface area (Å²) in [6.07, 6.45) is 1.44. The summed E-state index contributed by atoms with van der Waals surface area (Å²) in [5.41, 5.74) is 7.90. The summed E-state index contributed by atoms with van der Waals surface area (Å²) in [5, 5.41) is 11.4. The first kappa shape index (κ1) is 20.5.